The molecule has 0 radical (unpaired) electrons. The number of amides is 1. The van der Waals surface area contributed by atoms with Crippen LogP contribution in [0.4, 0.5) is 0 Å². The first-order valence-electron chi connectivity index (χ1n) is 11.6. The molecule has 1 fully saturated rings. The van der Waals surface area contributed by atoms with E-state index in [-0.39, 0.29) is 11.3 Å². The predicted molar refractivity (Wildman–Crippen MR) is 124 cm³/mol. The Morgan fingerprint density at radius 3 is 2.56 bits per heavy atom. The minimum atomic E-state index is -0.643. The Hall–Kier alpha value is -2.99. The summed E-state index contributed by atoms with van der Waals surface area (Å²) < 4.78 is 0. The van der Waals surface area contributed by atoms with Gasteiger partial charge in [0.25, 0.3) is 11.7 Å². The number of benzene rings is 1. The second kappa shape index (κ2) is 9.65. The molecule has 1 unspecified atom stereocenters. The van der Waals surface area contributed by atoms with Crippen LogP contribution in [0.2, 0.25) is 0 Å². The fourth-order valence-electron chi connectivity index (χ4n) is 4.82. The van der Waals surface area contributed by atoms with Gasteiger partial charge in [0.15, 0.2) is 0 Å². The van der Waals surface area contributed by atoms with E-state index in [2.05, 4.69) is 23.7 Å². The average molecular weight is 434 g/mol. The second-order valence-electron chi connectivity index (χ2n) is 8.50. The van der Waals surface area contributed by atoms with Crippen LogP contribution in [0, 0.1) is 0 Å². The number of aromatic nitrogens is 1. The van der Waals surface area contributed by atoms with Gasteiger partial charge in [-0.05, 0) is 67.6 Å². The Morgan fingerprint density at radius 2 is 1.88 bits per heavy atom. The van der Waals surface area contributed by atoms with Crippen LogP contribution in [0.5, 0.6) is 0 Å². The fourth-order valence-corrected chi connectivity index (χ4v) is 4.82. The molecule has 1 N–H and O–H groups in total. The third-order valence-corrected chi connectivity index (χ3v) is 6.71. The lowest BCUT2D eigenvalue weighted by Gasteiger charge is -2.28. The zero-order valence-electron chi connectivity index (χ0n) is 18.9. The molecule has 1 aromatic heterocycles. The zero-order chi connectivity index (χ0) is 22.7. The number of likely N-dealkylation sites (tertiary alicyclic amines) is 1. The van der Waals surface area contributed by atoms with Crippen molar-refractivity contribution in [2.45, 2.75) is 45.6 Å². The van der Waals surface area contributed by atoms with Crippen LogP contribution >= 0.6 is 0 Å². The highest BCUT2D eigenvalue weighted by atomic mass is 16.3. The molecule has 4 rings (SSSR count). The van der Waals surface area contributed by atoms with Crippen molar-refractivity contribution in [3.8, 4) is 0 Å². The third-order valence-electron chi connectivity index (χ3n) is 6.71. The molecule has 32 heavy (non-hydrogen) atoms. The lowest BCUT2D eigenvalue weighted by atomic mass is 9.89. The molecule has 168 valence electrons. The Labute approximate surface area is 189 Å². The number of carbonyl (C=O) groups excluding carboxylic acids is 2. The number of pyridine rings is 1. The van der Waals surface area contributed by atoms with E-state index in [0.717, 1.165) is 37.9 Å². The topological polar surface area (TPSA) is 73.7 Å². The first kappa shape index (κ1) is 22.2. The van der Waals surface area contributed by atoms with Gasteiger partial charge in [0, 0.05) is 31.0 Å². The molecule has 1 atom stereocenters. The number of nitrogens with zero attached hydrogens (tertiary/aromatic N) is 3. The summed E-state index contributed by atoms with van der Waals surface area (Å²) >= 11 is 0. The van der Waals surface area contributed by atoms with Crippen molar-refractivity contribution in [2.24, 2.45) is 0 Å². The number of aliphatic hydroxyl groups is 1. The molecule has 6 nitrogen and oxygen atoms in total. The zero-order valence-corrected chi connectivity index (χ0v) is 18.9. The molecule has 2 aromatic rings. The molecule has 1 amide bonds. The summed E-state index contributed by atoms with van der Waals surface area (Å²) in [5.41, 5.74) is 4.00. The van der Waals surface area contributed by atoms with Crippen LogP contribution in [-0.4, -0.2) is 57.8 Å². The van der Waals surface area contributed by atoms with Crippen molar-refractivity contribution in [1.29, 1.82) is 0 Å². The Kier molecular flexibility index (Phi) is 6.70. The number of Topliss-reactive ketones (excluding diaryl/α,β-unsaturated/α-hetero) is 1. The molecular formula is C26H31N3O3. The largest absolute Gasteiger partial charge is 0.507 e. The third kappa shape index (κ3) is 4.19. The van der Waals surface area contributed by atoms with Crippen LogP contribution in [0.25, 0.3) is 5.76 Å². The highest BCUT2D eigenvalue weighted by molar-refractivity contribution is 6.46. The van der Waals surface area contributed by atoms with Crippen LogP contribution in [0.3, 0.4) is 0 Å². The summed E-state index contributed by atoms with van der Waals surface area (Å²) in [7, 11) is 0. The van der Waals surface area contributed by atoms with Crippen molar-refractivity contribution in [2.75, 3.05) is 26.2 Å². The van der Waals surface area contributed by atoms with E-state index in [9.17, 15) is 14.7 Å². The Bertz CT molecular complexity index is 1030. The summed E-state index contributed by atoms with van der Waals surface area (Å²) in [5.74, 6) is -1.30. The van der Waals surface area contributed by atoms with Gasteiger partial charge in [0.2, 0.25) is 0 Å². The number of rotatable bonds is 7. The van der Waals surface area contributed by atoms with Gasteiger partial charge >= 0.3 is 0 Å². The molecular weight excluding hydrogens is 402 g/mol. The lowest BCUT2D eigenvalue weighted by molar-refractivity contribution is -0.140. The van der Waals surface area contributed by atoms with E-state index >= 15 is 0 Å². The SMILES string of the molecule is CCN(CC)CCN1C(=O)C(=O)/C(=C(\O)c2ccc3c(c2)CCCC3)C1c1cccnc1. The summed E-state index contributed by atoms with van der Waals surface area (Å²) in [5, 5.41) is 11.3. The molecule has 6 heteroatoms. The van der Waals surface area contributed by atoms with E-state index < -0.39 is 17.7 Å². The predicted octanol–water partition coefficient (Wildman–Crippen LogP) is 3.72. The molecule has 1 aliphatic carbocycles. The smallest absolute Gasteiger partial charge is 0.295 e. The summed E-state index contributed by atoms with van der Waals surface area (Å²) in [6, 6.07) is 8.89. The normalized spacial score (nSPS) is 20.1. The van der Waals surface area contributed by atoms with Crippen molar-refractivity contribution < 1.29 is 14.7 Å². The second-order valence-corrected chi connectivity index (χ2v) is 8.50. The first-order valence-corrected chi connectivity index (χ1v) is 11.6. The van der Waals surface area contributed by atoms with E-state index in [0.29, 0.717) is 18.7 Å². The number of hydrogen-bond donors (Lipinski definition) is 1. The quantitative estimate of drug-likeness (QED) is 0.409. The van der Waals surface area contributed by atoms with Crippen molar-refractivity contribution in [1.82, 2.24) is 14.8 Å². The molecule has 1 aliphatic heterocycles. The average Bonchev–Trinajstić information content (AvgIpc) is 3.09. The number of likely N-dealkylation sites (N-methyl/N-ethyl adjacent to an activating group) is 1. The number of aliphatic hydroxyl groups excluding tert-OH is 1. The van der Waals surface area contributed by atoms with Crippen molar-refractivity contribution in [3.63, 3.8) is 0 Å². The molecule has 1 aromatic carbocycles. The number of hydrogen-bond acceptors (Lipinski definition) is 5. The van der Waals surface area contributed by atoms with Crippen molar-refractivity contribution >= 4 is 17.4 Å². The maximum atomic E-state index is 13.1. The summed E-state index contributed by atoms with van der Waals surface area (Å²) in [4.78, 5) is 34.2. The van der Waals surface area contributed by atoms with Gasteiger partial charge in [-0.25, -0.2) is 0 Å². The fraction of sp³-hybridized carbons (Fsp3) is 0.423. The maximum absolute atomic E-state index is 13.1. The molecule has 1 saturated heterocycles. The van der Waals surface area contributed by atoms with Crippen molar-refractivity contribution in [3.05, 3.63) is 70.6 Å². The maximum Gasteiger partial charge on any atom is 0.295 e. The number of ketones is 1. The van der Waals surface area contributed by atoms with E-state index in [1.165, 1.54) is 17.5 Å². The Morgan fingerprint density at radius 1 is 1.12 bits per heavy atom. The highest BCUT2D eigenvalue weighted by Gasteiger charge is 2.46. The lowest BCUT2D eigenvalue weighted by Crippen LogP contribution is -2.38. The monoisotopic (exact) mass is 433 g/mol. The minimum Gasteiger partial charge on any atom is -0.507 e. The molecule has 0 spiro atoms. The molecule has 2 aliphatic rings. The van der Waals surface area contributed by atoms with Crippen LogP contribution in [0.15, 0.2) is 48.3 Å². The van der Waals surface area contributed by atoms with Crippen LogP contribution in [-0.2, 0) is 22.4 Å². The Balaban J connectivity index is 1.76. The first-order chi connectivity index (χ1) is 15.5. The van der Waals surface area contributed by atoms with Gasteiger partial charge in [-0.2, -0.15) is 0 Å². The summed E-state index contributed by atoms with van der Waals surface area (Å²) in [6.45, 7) is 6.96. The van der Waals surface area contributed by atoms with Gasteiger partial charge in [-0.1, -0.05) is 32.0 Å². The van der Waals surface area contributed by atoms with Crippen LogP contribution < -0.4 is 0 Å². The number of fused-ring (bicyclic) bond motifs is 1. The van der Waals surface area contributed by atoms with E-state index in [1.807, 2.05) is 24.3 Å². The van der Waals surface area contributed by atoms with E-state index in [4.69, 9.17) is 0 Å². The van der Waals surface area contributed by atoms with E-state index in [1.54, 1.807) is 23.4 Å². The summed E-state index contributed by atoms with van der Waals surface area (Å²) in [6.07, 6.45) is 7.65. The number of carbonyl (C=O) groups is 2. The van der Waals surface area contributed by atoms with Gasteiger partial charge in [0.1, 0.15) is 5.76 Å². The molecule has 0 bridgehead atoms. The van der Waals surface area contributed by atoms with Gasteiger partial charge < -0.3 is 14.9 Å². The number of aryl methyl sites for hydroxylation is 2. The standard InChI is InChI=1S/C26H31N3O3/c1-3-28(4-2)14-15-29-23(21-10-7-13-27-17-21)22(25(31)26(29)32)24(30)20-12-11-18-8-5-6-9-19(18)16-20/h7,10-13,16-17,23,30H,3-6,8-9,14-15H2,1-2H3/b24-22-. The van der Waals surface area contributed by atoms with Crippen LogP contribution in [0.1, 0.15) is 55.0 Å². The van der Waals surface area contributed by atoms with Gasteiger partial charge in [-0.15, -0.1) is 0 Å². The molecule has 2 heterocycles. The van der Waals surface area contributed by atoms with Gasteiger partial charge in [-0.3, -0.25) is 14.6 Å². The van der Waals surface area contributed by atoms with Gasteiger partial charge in [0.05, 0.1) is 11.6 Å². The highest BCUT2D eigenvalue weighted by Crippen LogP contribution is 2.39. The minimum absolute atomic E-state index is 0.101. The molecule has 0 saturated carbocycles.